The minimum Gasteiger partial charge on any atom is -0.339 e. The van der Waals surface area contributed by atoms with E-state index in [1.54, 1.807) is 0 Å². The summed E-state index contributed by atoms with van der Waals surface area (Å²) in [6, 6.07) is 0. The Bertz CT molecular complexity index is 254. The van der Waals surface area contributed by atoms with Gasteiger partial charge >= 0.3 is 0 Å². The second-order valence-electron chi connectivity index (χ2n) is 5.69. The van der Waals surface area contributed by atoms with Crippen molar-refractivity contribution in [3.05, 3.63) is 12.7 Å². The summed E-state index contributed by atoms with van der Waals surface area (Å²) in [4.78, 5) is 13.4. The molecule has 2 nitrogen and oxygen atoms in total. The van der Waals surface area contributed by atoms with Gasteiger partial charge in [0, 0.05) is 13.1 Å². The highest BCUT2D eigenvalue weighted by molar-refractivity contribution is 5.87. The standard InChI is InChI=1S/C16H29NO/c1-4-6-7-8-9-14(3)15-10-12-17(13-11-15)16(18)5-2/h5,14-15H,2,4,6-13H2,1,3H3. The molecule has 1 heterocycles. The minimum absolute atomic E-state index is 0.101. The second-order valence-corrected chi connectivity index (χ2v) is 5.69. The van der Waals surface area contributed by atoms with Crippen LogP contribution in [0.2, 0.25) is 0 Å². The summed E-state index contributed by atoms with van der Waals surface area (Å²) in [5.41, 5.74) is 0. The topological polar surface area (TPSA) is 20.3 Å². The van der Waals surface area contributed by atoms with Crippen molar-refractivity contribution >= 4 is 5.91 Å². The molecule has 0 aromatic heterocycles. The van der Waals surface area contributed by atoms with Crippen LogP contribution in [0.4, 0.5) is 0 Å². The Morgan fingerprint density at radius 2 is 2.00 bits per heavy atom. The summed E-state index contributed by atoms with van der Waals surface area (Å²) in [6.07, 6.45) is 10.6. The molecule has 1 fully saturated rings. The number of carbonyl (C=O) groups excluding carboxylic acids is 1. The van der Waals surface area contributed by atoms with Gasteiger partial charge in [0.2, 0.25) is 5.91 Å². The fourth-order valence-corrected chi connectivity index (χ4v) is 2.95. The number of carbonyl (C=O) groups is 1. The van der Waals surface area contributed by atoms with E-state index >= 15 is 0 Å². The molecule has 1 amide bonds. The van der Waals surface area contributed by atoms with Crippen molar-refractivity contribution in [2.24, 2.45) is 11.8 Å². The van der Waals surface area contributed by atoms with Crippen LogP contribution in [-0.4, -0.2) is 23.9 Å². The van der Waals surface area contributed by atoms with Crippen molar-refractivity contribution in [1.82, 2.24) is 4.90 Å². The number of likely N-dealkylation sites (tertiary alicyclic amines) is 1. The van der Waals surface area contributed by atoms with E-state index in [-0.39, 0.29) is 5.91 Å². The SMILES string of the molecule is C=CC(=O)N1CCC(C(C)CCCCCC)CC1. The molecule has 104 valence electrons. The summed E-state index contributed by atoms with van der Waals surface area (Å²) in [6.45, 7) is 10.1. The zero-order valence-electron chi connectivity index (χ0n) is 12.2. The Morgan fingerprint density at radius 3 is 2.56 bits per heavy atom. The third-order valence-electron chi connectivity index (χ3n) is 4.34. The number of hydrogen-bond donors (Lipinski definition) is 0. The van der Waals surface area contributed by atoms with E-state index < -0.39 is 0 Å². The largest absolute Gasteiger partial charge is 0.339 e. The summed E-state index contributed by atoms with van der Waals surface area (Å²) < 4.78 is 0. The van der Waals surface area contributed by atoms with Gasteiger partial charge in [-0.05, 0) is 30.8 Å². The number of rotatable bonds is 7. The lowest BCUT2D eigenvalue weighted by Crippen LogP contribution is -2.38. The molecule has 18 heavy (non-hydrogen) atoms. The fraction of sp³-hybridized carbons (Fsp3) is 0.812. The van der Waals surface area contributed by atoms with Crippen molar-refractivity contribution in [2.75, 3.05) is 13.1 Å². The highest BCUT2D eigenvalue weighted by atomic mass is 16.2. The Hall–Kier alpha value is -0.790. The van der Waals surface area contributed by atoms with Crippen LogP contribution in [0.1, 0.15) is 58.8 Å². The van der Waals surface area contributed by atoms with Gasteiger partial charge in [-0.2, -0.15) is 0 Å². The smallest absolute Gasteiger partial charge is 0.245 e. The Labute approximate surface area is 112 Å². The lowest BCUT2D eigenvalue weighted by Gasteiger charge is -2.34. The summed E-state index contributed by atoms with van der Waals surface area (Å²) in [7, 11) is 0. The van der Waals surface area contributed by atoms with Crippen molar-refractivity contribution in [1.29, 1.82) is 0 Å². The zero-order chi connectivity index (χ0) is 13.4. The maximum Gasteiger partial charge on any atom is 0.245 e. The third-order valence-corrected chi connectivity index (χ3v) is 4.34. The van der Waals surface area contributed by atoms with E-state index in [0.717, 1.165) is 24.9 Å². The average molecular weight is 251 g/mol. The molecular weight excluding hydrogens is 222 g/mol. The van der Waals surface area contributed by atoms with E-state index in [9.17, 15) is 4.79 Å². The predicted octanol–water partition coefficient (Wildman–Crippen LogP) is 4.02. The van der Waals surface area contributed by atoms with Gasteiger partial charge in [0.25, 0.3) is 0 Å². The number of piperidine rings is 1. The molecule has 2 heteroatoms. The van der Waals surface area contributed by atoms with Gasteiger partial charge in [-0.25, -0.2) is 0 Å². The molecule has 1 unspecified atom stereocenters. The van der Waals surface area contributed by atoms with E-state index in [4.69, 9.17) is 0 Å². The first-order valence-corrected chi connectivity index (χ1v) is 7.60. The molecule has 0 spiro atoms. The van der Waals surface area contributed by atoms with Crippen LogP contribution in [0, 0.1) is 11.8 Å². The lowest BCUT2D eigenvalue weighted by atomic mass is 9.82. The van der Waals surface area contributed by atoms with Gasteiger partial charge in [-0.15, -0.1) is 0 Å². The van der Waals surface area contributed by atoms with E-state index in [1.165, 1.54) is 51.0 Å². The van der Waals surface area contributed by atoms with Crippen LogP contribution < -0.4 is 0 Å². The number of amides is 1. The van der Waals surface area contributed by atoms with Crippen molar-refractivity contribution in [2.45, 2.75) is 58.8 Å². The molecule has 1 rings (SSSR count). The Kier molecular flexibility index (Phi) is 7.07. The average Bonchev–Trinajstić information content (AvgIpc) is 2.42. The van der Waals surface area contributed by atoms with Crippen LogP contribution in [-0.2, 0) is 4.79 Å². The highest BCUT2D eigenvalue weighted by Gasteiger charge is 2.24. The molecule has 1 aliphatic heterocycles. The Morgan fingerprint density at radius 1 is 1.33 bits per heavy atom. The highest BCUT2D eigenvalue weighted by Crippen LogP contribution is 2.28. The van der Waals surface area contributed by atoms with Gasteiger partial charge < -0.3 is 4.90 Å². The first-order valence-electron chi connectivity index (χ1n) is 7.60. The van der Waals surface area contributed by atoms with Crippen molar-refractivity contribution < 1.29 is 4.79 Å². The molecule has 0 saturated carbocycles. The first kappa shape index (κ1) is 15.3. The van der Waals surface area contributed by atoms with Gasteiger partial charge in [-0.3, -0.25) is 4.79 Å². The molecule has 0 bridgehead atoms. The van der Waals surface area contributed by atoms with Crippen LogP contribution in [0.15, 0.2) is 12.7 Å². The predicted molar refractivity (Wildman–Crippen MR) is 77.4 cm³/mol. The molecule has 0 aromatic carbocycles. The molecule has 0 radical (unpaired) electrons. The van der Waals surface area contributed by atoms with Crippen LogP contribution in [0.5, 0.6) is 0 Å². The fourth-order valence-electron chi connectivity index (χ4n) is 2.95. The van der Waals surface area contributed by atoms with Crippen LogP contribution in [0.3, 0.4) is 0 Å². The third kappa shape index (κ3) is 4.83. The van der Waals surface area contributed by atoms with Gasteiger partial charge in [0.05, 0.1) is 0 Å². The van der Waals surface area contributed by atoms with E-state index in [1.807, 2.05) is 4.90 Å². The molecule has 0 aromatic rings. The summed E-state index contributed by atoms with van der Waals surface area (Å²) in [5, 5.41) is 0. The first-order chi connectivity index (χ1) is 8.69. The van der Waals surface area contributed by atoms with Crippen molar-refractivity contribution in [3.8, 4) is 0 Å². The molecular formula is C16H29NO. The lowest BCUT2D eigenvalue weighted by molar-refractivity contribution is -0.127. The van der Waals surface area contributed by atoms with E-state index in [2.05, 4.69) is 20.4 Å². The second kappa shape index (κ2) is 8.34. The van der Waals surface area contributed by atoms with Crippen molar-refractivity contribution in [3.63, 3.8) is 0 Å². The molecule has 1 saturated heterocycles. The maximum absolute atomic E-state index is 11.5. The maximum atomic E-state index is 11.5. The quantitative estimate of drug-likeness (QED) is 0.494. The van der Waals surface area contributed by atoms with Crippen LogP contribution >= 0.6 is 0 Å². The number of hydrogen-bond acceptors (Lipinski definition) is 1. The van der Waals surface area contributed by atoms with Gasteiger partial charge in [0.1, 0.15) is 0 Å². The molecule has 0 aliphatic carbocycles. The van der Waals surface area contributed by atoms with E-state index in [0.29, 0.717) is 0 Å². The van der Waals surface area contributed by atoms with Gasteiger partial charge in [-0.1, -0.05) is 52.5 Å². The minimum atomic E-state index is 0.101. The summed E-state index contributed by atoms with van der Waals surface area (Å²) >= 11 is 0. The summed E-state index contributed by atoms with van der Waals surface area (Å²) in [5.74, 6) is 1.74. The Balaban J connectivity index is 2.21. The number of nitrogens with zero attached hydrogens (tertiary/aromatic N) is 1. The normalized spacial score (nSPS) is 18.7. The van der Waals surface area contributed by atoms with Crippen LogP contribution in [0.25, 0.3) is 0 Å². The molecule has 1 atom stereocenters. The molecule has 0 N–H and O–H groups in total. The van der Waals surface area contributed by atoms with Gasteiger partial charge in [0.15, 0.2) is 0 Å². The zero-order valence-corrected chi connectivity index (χ0v) is 12.2. The molecule has 1 aliphatic rings. The number of unbranched alkanes of at least 4 members (excludes halogenated alkanes) is 3. The monoisotopic (exact) mass is 251 g/mol.